The van der Waals surface area contributed by atoms with Crippen molar-refractivity contribution in [1.82, 2.24) is 0 Å². The van der Waals surface area contributed by atoms with Gasteiger partial charge in [0.25, 0.3) is 10.0 Å². The number of halogens is 1. The van der Waals surface area contributed by atoms with Gasteiger partial charge in [-0.2, -0.15) is 0 Å². The van der Waals surface area contributed by atoms with Gasteiger partial charge in [-0.25, -0.2) is 8.42 Å². The van der Waals surface area contributed by atoms with E-state index in [9.17, 15) is 13.5 Å². The Morgan fingerprint density at radius 1 is 0.825 bits per heavy atom. The lowest BCUT2D eigenvalue weighted by atomic mass is 10.0. The van der Waals surface area contributed by atoms with Crippen LogP contribution >= 0.6 is 11.6 Å². The molecule has 0 radical (unpaired) electrons. The Labute approximate surface area is 237 Å². The van der Waals surface area contributed by atoms with Crippen molar-refractivity contribution in [3.05, 3.63) is 113 Å². The minimum atomic E-state index is -3.92. The molecule has 0 unspecified atom stereocenters. The molecule has 0 aromatic heterocycles. The Kier molecular flexibility index (Phi) is 7.47. The van der Waals surface area contributed by atoms with Crippen molar-refractivity contribution >= 4 is 49.5 Å². The topological polar surface area (TPSA) is 100 Å². The number of phenolic OH excluding ortho intramolecular Hbond substituents is 1. The van der Waals surface area contributed by atoms with E-state index >= 15 is 0 Å². The van der Waals surface area contributed by atoms with Crippen molar-refractivity contribution in [2.24, 2.45) is 10.2 Å². The van der Waals surface area contributed by atoms with Crippen molar-refractivity contribution in [1.29, 1.82) is 0 Å². The summed E-state index contributed by atoms with van der Waals surface area (Å²) < 4.78 is 35.0. The minimum absolute atomic E-state index is 0.117. The third-order valence-electron chi connectivity index (χ3n) is 6.25. The van der Waals surface area contributed by atoms with Gasteiger partial charge < -0.3 is 9.84 Å². The second-order valence-electron chi connectivity index (χ2n) is 9.45. The molecule has 5 aromatic rings. The maximum atomic E-state index is 13.2. The zero-order valence-corrected chi connectivity index (χ0v) is 23.6. The van der Waals surface area contributed by atoms with E-state index in [-0.39, 0.29) is 22.0 Å². The lowest BCUT2D eigenvalue weighted by molar-refractivity contribution is 0.480. The number of phenols is 1. The number of azo groups is 1. The second kappa shape index (κ2) is 11.0. The van der Waals surface area contributed by atoms with Gasteiger partial charge in [0.2, 0.25) is 0 Å². The first-order valence-electron chi connectivity index (χ1n) is 12.4. The molecule has 0 heterocycles. The number of rotatable bonds is 7. The molecule has 202 valence electrons. The van der Waals surface area contributed by atoms with Crippen molar-refractivity contribution in [3.8, 4) is 17.2 Å². The Morgan fingerprint density at radius 3 is 2.27 bits per heavy atom. The zero-order valence-electron chi connectivity index (χ0n) is 22.0. The van der Waals surface area contributed by atoms with Crippen molar-refractivity contribution < 1.29 is 18.3 Å². The first-order chi connectivity index (χ1) is 19.1. The van der Waals surface area contributed by atoms with Crippen molar-refractivity contribution in [2.75, 3.05) is 4.72 Å². The predicted molar refractivity (Wildman–Crippen MR) is 159 cm³/mol. The maximum Gasteiger partial charge on any atom is 0.261 e. The summed E-state index contributed by atoms with van der Waals surface area (Å²) >= 11 is 6.23. The van der Waals surface area contributed by atoms with Crippen LogP contribution in [0, 0.1) is 20.8 Å². The van der Waals surface area contributed by atoms with Crippen LogP contribution in [-0.4, -0.2) is 13.5 Å². The quantitative estimate of drug-likeness (QED) is 0.190. The van der Waals surface area contributed by atoms with Gasteiger partial charge in [0.05, 0.1) is 16.0 Å². The Bertz CT molecular complexity index is 1860. The molecule has 7 nitrogen and oxygen atoms in total. The molecule has 9 heteroatoms. The number of hydrogen-bond acceptors (Lipinski definition) is 6. The van der Waals surface area contributed by atoms with Gasteiger partial charge >= 0.3 is 0 Å². The molecule has 0 aliphatic heterocycles. The summed E-state index contributed by atoms with van der Waals surface area (Å²) in [6.45, 7) is 5.54. The van der Waals surface area contributed by atoms with E-state index in [1.54, 1.807) is 55.5 Å². The Hall–Kier alpha value is -4.40. The van der Waals surface area contributed by atoms with E-state index in [0.717, 1.165) is 11.1 Å². The number of nitrogens with one attached hydrogen (secondary N) is 1. The van der Waals surface area contributed by atoms with Gasteiger partial charge in [0.1, 0.15) is 17.1 Å². The van der Waals surface area contributed by atoms with Crippen LogP contribution in [0.2, 0.25) is 5.02 Å². The highest BCUT2D eigenvalue weighted by Gasteiger charge is 2.20. The second-order valence-corrected chi connectivity index (χ2v) is 11.6. The summed E-state index contributed by atoms with van der Waals surface area (Å²) in [5.41, 5.74) is 3.21. The number of aromatic hydroxyl groups is 1. The average molecular weight is 572 g/mol. The van der Waals surface area contributed by atoms with Gasteiger partial charge in [0.15, 0.2) is 11.5 Å². The third kappa shape index (κ3) is 5.78. The van der Waals surface area contributed by atoms with Gasteiger partial charge in [-0.05, 0) is 91.9 Å². The van der Waals surface area contributed by atoms with Crippen molar-refractivity contribution in [2.45, 2.75) is 25.7 Å². The molecule has 40 heavy (non-hydrogen) atoms. The van der Waals surface area contributed by atoms with E-state index in [2.05, 4.69) is 15.0 Å². The Morgan fingerprint density at radius 2 is 1.55 bits per heavy atom. The van der Waals surface area contributed by atoms with Crippen LogP contribution in [-0.2, 0) is 10.0 Å². The summed E-state index contributed by atoms with van der Waals surface area (Å²) in [6.07, 6.45) is 0. The van der Waals surface area contributed by atoms with E-state index in [4.69, 9.17) is 16.3 Å². The summed E-state index contributed by atoms with van der Waals surface area (Å²) in [7, 11) is -3.92. The predicted octanol–water partition coefficient (Wildman–Crippen LogP) is 9.13. The summed E-state index contributed by atoms with van der Waals surface area (Å²) in [4.78, 5) is 0.117. The number of nitrogens with zero attached hydrogens (tertiary/aromatic N) is 2. The Balaban J connectivity index is 1.58. The molecule has 2 N–H and O–H groups in total. The smallest absolute Gasteiger partial charge is 0.261 e. The zero-order chi connectivity index (χ0) is 28.4. The normalized spacial score (nSPS) is 11.7. The molecule has 5 rings (SSSR count). The fraction of sp³-hybridized carbons (Fsp3) is 0.0968. The summed E-state index contributed by atoms with van der Waals surface area (Å²) in [5.74, 6) is 0.847. The van der Waals surface area contributed by atoms with E-state index in [0.29, 0.717) is 38.5 Å². The van der Waals surface area contributed by atoms with Crippen LogP contribution in [0.1, 0.15) is 16.7 Å². The summed E-state index contributed by atoms with van der Waals surface area (Å²) in [5, 5.41) is 21.5. The minimum Gasteiger partial charge on any atom is -0.505 e. The highest BCUT2D eigenvalue weighted by molar-refractivity contribution is 7.92. The molecule has 0 aliphatic rings. The molecule has 0 atom stereocenters. The fourth-order valence-corrected chi connectivity index (χ4v) is 5.53. The molecule has 5 aromatic carbocycles. The van der Waals surface area contributed by atoms with E-state index in [1.807, 2.05) is 56.3 Å². The molecule has 0 fully saturated rings. The van der Waals surface area contributed by atoms with E-state index < -0.39 is 10.0 Å². The monoisotopic (exact) mass is 571 g/mol. The van der Waals surface area contributed by atoms with Crippen LogP contribution in [0.15, 0.2) is 106 Å². The largest absolute Gasteiger partial charge is 0.505 e. The van der Waals surface area contributed by atoms with Gasteiger partial charge in [-0.15, -0.1) is 10.2 Å². The first kappa shape index (κ1) is 27.2. The summed E-state index contributed by atoms with van der Waals surface area (Å²) in [6, 6.07) is 26.1. The lowest BCUT2D eigenvalue weighted by Gasteiger charge is -2.15. The maximum absolute atomic E-state index is 13.2. The van der Waals surface area contributed by atoms with Gasteiger partial charge in [0, 0.05) is 5.02 Å². The first-order valence-corrected chi connectivity index (χ1v) is 14.3. The number of benzene rings is 5. The SMILES string of the molecule is Cc1ccc(S(=O)(=O)Nc2cc(C)cc3cc(C)c(/N=N/c4cc(Cl)ccc4Oc4ccccc4)c(O)c23)cc1. The molecule has 0 bridgehead atoms. The molecule has 0 saturated carbocycles. The van der Waals surface area contributed by atoms with Crippen LogP contribution in [0.5, 0.6) is 17.2 Å². The number of anilines is 1. The lowest BCUT2D eigenvalue weighted by Crippen LogP contribution is -2.13. The third-order valence-corrected chi connectivity index (χ3v) is 7.86. The highest BCUT2D eigenvalue weighted by Crippen LogP contribution is 2.44. The number of aryl methyl sites for hydroxylation is 3. The van der Waals surface area contributed by atoms with Gasteiger partial charge in [-0.3, -0.25) is 4.72 Å². The average Bonchev–Trinajstić information content (AvgIpc) is 2.90. The van der Waals surface area contributed by atoms with Crippen LogP contribution in [0.25, 0.3) is 10.8 Å². The van der Waals surface area contributed by atoms with E-state index in [1.165, 1.54) is 0 Å². The molecule has 0 amide bonds. The molecular weight excluding hydrogens is 546 g/mol. The molecular formula is C31H26ClN3O4S. The van der Waals surface area contributed by atoms with Crippen LogP contribution < -0.4 is 9.46 Å². The molecule has 0 spiro atoms. The number of para-hydroxylation sites is 1. The van der Waals surface area contributed by atoms with Crippen molar-refractivity contribution in [3.63, 3.8) is 0 Å². The molecule has 0 aliphatic carbocycles. The number of ether oxygens (including phenoxy) is 1. The number of fused-ring (bicyclic) bond motifs is 1. The highest BCUT2D eigenvalue weighted by atomic mass is 35.5. The number of sulfonamides is 1. The fourth-order valence-electron chi connectivity index (χ4n) is 4.30. The standard InChI is InChI=1S/C31H26ClN3O4S/c1-19-9-12-25(13-10-19)40(37,38)35-27-16-20(2)15-22-17-21(3)30(31(36)29(22)27)34-33-26-18-23(32)11-14-28(26)39-24-7-5-4-6-8-24/h4-18,35-36H,1-3H3/b34-33+. The van der Waals surface area contributed by atoms with Gasteiger partial charge in [-0.1, -0.05) is 53.6 Å². The number of hydrogen-bond donors (Lipinski definition) is 2. The molecule has 0 saturated heterocycles. The van der Waals surface area contributed by atoms with Crippen LogP contribution in [0.4, 0.5) is 17.1 Å². The van der Waals surface area contributed by atoms with Crippen LogP contribution in [0.3, 0.4) is 0 Å².